The van der Waals surface area contributed by atoms with Crippen molar-refractivity contribution in [2.75, 3.05) is 12.0 Å². The molecule has 2 aromatic carbocycles. The third-order valence-corrected chi connectivity index (χ3v) is 5.74. The summed E-state index contributed by atoms with van der Waals surface area (Å²) in [6.07, 6.45) is 7.36. The van der Waals surface area contributed by atoms with E-state index in [1.54, 1.807) is 11.2 Å². The summed E-state index contributed by atoms with van der Waals surface area (Å²) in [4.78, 5) is 5.99. The Balaban J connectivity index is 1.31. The Kier molecular flexibility index (Phi) is 5.83. The van der Waals surface area contributed by atoms with Gasteiger partial charge in [-0.05, 0) is 35.7 Å². The summed E-state index contributed by atoms with van der Waals surface area (Å²) in [7, 11) is 1.35. The molecule has 2 aromatic heterocycles. The van der Waals surface area contributed by atoms with Gasteiger partial charge in [-0.1, -0.05) is 24.3 Å². The highest BCUT2D eigenvalue weighted by Crippen LogP contribution is 2.28. The van der Waals surface area contributed by atoms with Gasteiger partial charge in [-0.15, -0.1) is 0 Å². The van der Waals surface area contributed by atoms with Crippen molar-refractivity contribution in [3.63, 3.8) is 0 Å². The maximum absolute atomic E-state index is 14.7. The lowest BCUT2D eigenvalue weighted by molar-refractivity contribution is 0.380. The van der Waals surface area contributed by atoms with E-state index in [0.29, 0.717) is 25.5 Å². The monoisotopic (exact) mass is 462 g/mol. The number of nitrogens with zero attached hydrogens (tertiary/aromatic N) is 6. The number of aryl methyl sites for hydroxylation is 1. The second-order valence-corrected chi connectivity index (χ2v) is 8.33. The number of hydrogen-bond acceptors (Lipinski definition) is 5. The molecule has 0 spiro atoms. The number of anilines is 1. The Morgan fingerprint density at radius 3 is 2.35 bits per heavy atom. The summed E-state index contributed by atoms with van der Waals surface area (Å²) in [5.74, 6) is -0.707. The van der Waals surface area contributed by atoms with E-state index in [9.17, 15) is 8.78 Å². The molecule has 0 unspecified atom stereocenters. The number of hydrogen-bond donors (Lipinski definition) is 0. The summed E-state index contributed by atoms with van der Waals surface area (Å²) >= 11 is 0. The molecule has 3 heterocycles. The van der Waals surface area contributed by atoms with Crippen LogP contribution in [0.3, 0.4) is 0 Å². The van der Waals surface area contributed by atoms with Crippen molar-refractivity contribution in [2.45, 2.75) is 33.1 Å². The molecule has 0 atom stereocenters. The zero-order chi connectivity index (χ0) is 23.7. The smallest absolute Gasteiger partial charge is 0.172 e. The lowest BCUT2D eigenvalue weighted by Gasteiger charge is -2.22. The molecule has 1 aliphatic rings. The van der Waals surface area contributed by atoms with Crippen LogP contribution in [0.4, 0.5) is 14.6 Å². The van der Waals surface area contributed by atoms with E-state index in [1.807, 2.05) is 34.9 Å². The Morgan fingerprint density at radius 1 is 0.941 bits per heavy atom. The average molecular weight is 463 g/mol. The van der Waals surface area contributed by atoms with Crippen LogP contribution in [0.2, 0.25) is 0 Å². The summed E-state index contributed by atoms with van der Waals surface area (Å²) in [6, 6.07) is 10.8. The van der Waals surface area contributed by atoms with Crippen LogP contribution < -0.4 is 9.64 Å². The first-order valence-corrected chi connectivity index (χ1v) is 10.9. The lowest BCUT2D eigenvalue weighted by atomic mass is 10.1. The first-order valence-electron chi connectivity index (χ1n) is 10.9. The zero-order valence-electron chi connectivity index (χ0n) is 18.9. The van der Waals surface area contributed by atoms with Gasteiger partial charge in [0.2, 0.25) is 0 Å². The molecule has 0 saturated heterocycles. The SMILES string of the molecule is COc1ccc(F)c(CN2C=NCc3cn(Cc4ccc(Cn5cc(C)cn5)cc4)nc32)c1F. The predicted octanol–water partition coefficient (Wildman–Crippen LogP) is 4.32. The standard InChI is InChI=1S/C25H24F2N6O/c1-17-9-29-32(11-17)12-18-3-5-19(6-4-18)13-33-14-20-10-28-16-31(25(20)30-33)15-21-22(26)7-8-23(34-2)24(21)27/h3-9,11,14,16H,10,12-13,15H2,1-2H3. The fourth-order valence-electron chi connectivity index (χ4n) is 4.02. The topological polar surface area (TPSA) is 60.5 Å². The molecular weight excluding hydrogens is 438 g/mol. The predicted molar refractivity (Wildman–Crippen MR) is 125 cm³/mol. The molecule has 0 N–H and O–H groups in total. The molecule has 9 heteroatoms. The quantitative estimate of drug-likeness (QED) is 0.411. The van der Waals surface area contributed by atoms with E-state index < -0.39 is 11.6 Å². The van der Waals surface area contributed by atoms with Crippen LogP contribution in [-0.4, -0.2) is 33.0 Å². The molecule has 7 nitrogen and oxygen atoms in total. The molecule has 0 radical (unpaired) electrons. The van der Waals surface area contributed by atoms with E-state index in [0.717, 1.165) is 22.3 Å². The molecule has 0 aliphatic carbocycles. The summed E-state index contributed by atoms with van der Waals surface area (Å²) < 4.78 is 37.8. The second-order valence-electron chi connectivity index (χ2n) is 8.33. The van der Waals surface area contributed by atoms with Crippen LogP contribution in [0.1, 0.15) is 27.8 Å². The molecule has 34 heavy (non-hydrogen) atoms. The number of rotatable bonds is 7. The van der Waals surface area contributed by atoms with Gasteiger partial charge in [0.1, 0.15) is 5.82 Å². The van der Waals surface area contributed by atoms with Crippen molar-refractivity contribution in [2.24, 2.45) is 4.99 Å². The highest BCUT2D eigenvalue weighted by Gasteiger charge is 2.23. The molecule has 0 bridgehead atoms. The van der Waals surface area contributed by atoms with Crippen LogP contribution in [0, 0.1) is 18.6 Å². The first-order chi connectivity index (χ1) is 16.5. The molecule has 1 aliphatic heterocycles. The van der Waals surface area contributed by atoms with E-state index in [4.69, 9.17) is 4.74 Å². The fourth-order valence-corrected chi connectivity index (χ4v) is 4.02. The molecule has 4 aromatic rings. The highest BCUT2D eigenvalue weighted by atomic mass is 19.1. The van der Waals surface area contributed by atoms with Gasteiger partial charge in [0.15, 0.2) is 17.4 Å². The Hall–Kier alpha value is -4.01. The number of benzene rings is 2. The van der Waals surface area contributed by atoms with Gasteiger partial charge < -0.3 is 9.64 Å². The largest absolute Gasteiger partial charge is 0.494 e. The van der Waals surface area contributed by atoms with Crippen LogP contribution >= 0.6 is 0 Å². The van der Waals surface area contributed by atoms with Crippen molar-refractivity contribution in [3.05, 3.63) is 94.4 Å². The normalized spacial score (nSPS) is 12.8. The number of methoxy groups -OCH3 is 1. The summed E-state index contributed by atoms with van der Waals surface area (Å²) in [6.45, 7) is 3.74. The average Bonchev–Trinajstić information content (AvgIpc) is 3.43. The fraction of sp³-hybridized carbons (Fsp3) is 0.240. The van der Waals surface area contributed by atoms with Gasteiger partial charge in [-0.2, -0.15) is 10.2 Å². The number of aromatic nitrogens is 4. The van der Waals surface area contributed by atoms with Crippen LogP contribution in [-0.2, 0) is 26.2 Å². The van der Waals surface area contributed by atoms with Crippen molar-refractivity contribution in [1.29, 1.82) is 0 Å². The third-order valence-electron chi connectivity index (χ3n) is 5.74. The van der Waals surface area contributed by atoms with Gasteiger partial charge in [-0.3, -0.25) is 14.4 Å². The minimum absolute atomic E-state index is 0.00207. The summed E-state index contributed by atoms with van der Waals surface area (Å²) in [5, 5.41) is 9.01. The first kappa shape index (κ1) is 21.8. The third kappa shape index (κ3) is 4.41. The van der Waals surface area contributed by atoms with Crippen molar-refractivity contribution in [3.8, 4) is 5.75 Å². The van der Waals surface area contributed by atoms with Crippen LogP contribution in [0.25, 0.3) is 0 Å². The molecule has 174 valence electrons. The Bertz CT molecular complexity index is 1340. The molecule has 0 amide bonds. The van der Waals surface area contributed by atoms with Gasteiger partial charge in [0.25, 0.3) is 0 Å². The second kappa shape index (κ2) is 9.09. The number of halogens is 2. The molecular formula is C25H24F2N6O. The zero-order valence-corrected chi connectivity index (χ0v) is 18.9. The van der Waals surface area contributed by atoms with Crippen molar-refractivity contribution < 1.29 is 13.5 Å². The Labute approximate surface area is 195 Å². The van der Waals surface area contributed by atoms with Crippen LogP contribution in [0.15, 0.2) is 60.0 Å². The van der Waals surface area contributed by atoms with Gasteiger partial charge in [0, 0.05) is 23.5 Å². The Morgan fingerprint density at radius 2 is 1.68 bits per heavy atom. The van der Waals surface area contributed by atoms with Gasteiger partial charge in [-0.25, -0.2) is 8.78 Å². The van der Waals surface area contributed by atoms with Gasteiger partial charge in [0.05, 0.1) is 45.8 Å². The lowest BCUT2D eigenvalue weighted by Crippen LogP contribution is -2.26. The van der Waals surface area contributed by atoms with E-state index >= 15 is 0 Å². The van der Waals surface area contributed by atoms with E-state index in [1.165, 1.54) is 19.2 Å². The number of fused-ring (bicyclic) bond motifs is 1. The van der Waals surface area contributed by atoms with Gasteiger partial charge >= 0.3 is 0 Å². The maximum Gasteiger partial charge on any atom is 0.172 e. The molecule has 5 rings (SSSR count). The van der Waals surface area contributed by atoms with Crippen molar-refractivity contribution >= 4 is 12.2 Å². The molecule has 0 fully saturated rings. The minimum Gasteiger partial charge on any atom is -0.494 e. The highest BCUT2D eigenvalue weighted by molar-refractivity contribution is 5.80. The number of ether oxygens (including phenoxy) is 1. The van der Waals surface area contributed by atoms with Crippen molar-refractivity contribution in [1.82, 2.24) is 19.6 Å². The minimum atomic E-state index is -0.715. The summed E-state index contributed by atoms with van der Waals surface area (Å²) in [5.41, 5.74) is 4.20. The number of aliphatic imine (C=N–C) groups is 1. The van der Waals surface area contributed by atoms with E-state index in [-0.39, 0.29) is 17.9 Å². The molecule has 0 saturated carbocycles. The van der Waals surface area contributed by atoms with E-state index in [2.05, 4.69) is 39.5 Å². The van der Waals surface area contributed by atoms with Crippen LogP contribution in [0.5, 0.6) is 5.75 Å². The maximum atomic E-state index is 14.7.